The predicted molar refractivity (Wildman–Crippen MR) is 79.5 cm³/mol. The molecule has 1 saturated heterocycles. The molecule has 3 heterocycles. The van der Waals surface area contributed by atoms with E-state index in [1.165, 1.54) is 12.8 Å². The normalized spacial score (nSPS) is 21.5. The molecule has 116 valence electrons. The topological polar surface area (TPSA) is 64.2 Å². The van der Waals surface area contributed by atoms with Crippen LogP contribution < -0.4 is 0 Å². The Bertz CT molecular complexity index is 686. The lowest BCUT2D eigenvalue weighted by molar-refractivity contribution is 0.0688. The molecular weight excluding hydrogens is 280 g/mol. The number of aromatic nitrogens is 3. The van der Waals surface area contributed by atoms with Crippen LogP contribution in [-0.2, 0) is 6.54 Å². The van der Waals surface area contributed by atoms with Crippen LogP contribution in [0.5, 0.6) is 0 Å². The smallest absolute Gasteiger partial charge is 0.290 e. The first-order chi connectivity index (χ1) is 10.7. The van der Waals surface area contributed by atoms with E-state index in [4.69, 9.17) is 4.42 Å². The number of furan rings is 1. The second-order valence-corrected chi connectivity index (χ2v) is 6.37. The second kappa shape index (κ2) is 5.26. The fraction of sp³-hybridized carbons (Fsp3) is 0.562. The first-order valence-electron chi connectivity index (χ1n) is 7.97. The largest absolute Gasteiger partial charge is 0.459 e. The summed E-state index contributed by atoms with van der Waals surface area (Å²) in [4.78, 5) is 14.6. The zero-order valence-corrected chi connectivity index (χ0v) is 12.7. The molecule has 2 aromatic heterocycles. The number of carbonyl (C=O) groups is 1. The zero-order chi connectivity index (χ0) is 15.1. The maximum Gasteiger partial charge on any atom is 0.290 e. The quantitative estimate of drug-likeness (QED) is 0.869. The summed E-state index contributed by atoms with van der Waals surface area (Å²) in [7, 11) is 0. The standard InChI is InChI=1S/C16H20N4O2/c1-11-6-8-22-15(11)16(21)20-7-2-3-13(20)9-19-10-14(17-18-19)12-4-5-12/h6,8,10,12-13H,2-5,7,9H2,1H3/t13-/m0/s1. The molecule has 6 nitrogen and oxygen atoms in total. The Morgan fingerprint density at radius 3 is 3.00 bits per heavy atom. The summed E-state index contributed by atoms with van der Waals surface area (Å²) in [6.07, 6.45) is 8.10. The lowest BCUT2D eigenvalue weighted by Crippen LogP contribution is -2.38. The van der Waals surface area contributed by atoms with Crippen LogP contribution >= 0.6 is 0 Å². The van der Waals surface area contributed by atoms with Crippen LogP contribution in [0.15, 0.2) is 22.9 Å². The Morgan fingerprint density at radius 2 is 2.27 bits per heavy atom. The van der Waals surface area contributed by atoms with Crippen LogP contribution in [0.1, 0.15) is 53.4 Å². The number of carbonyl (C=O) groups excluding carboxylic acids is 1. The van der Waals surface area contributed by atoms with Crippen molar-refractivity contribution in [2.75, 3.05) is 6.54 Å². The highest BCUT2D eigenvalue weighted by molar-refractivity contribution is 5.93. The molecule has 1 saturated carbocycles. The van der Waals surface area contributed by atoms with Crippen molar-refractivity contribution < 1.29 is 9.21 Å². The predicted octanol–water partition coefficient (Wildman–Crippen LogP) is 2.36. The van der Waals surface area contributed by atoms with E-state index in [-0.39, 0.29) is 11.9 Å². The van der Waals surface area contributed by atoms with Crippen LogP contribution in [0.2, 0.25) is 0 Å². The van der Waals surface area contributed by atoms with Gasteiger partial charge in [-0.25, -0.2) is 0 Å². The van der Waals surface area contributed by atoms with E-state index in [0.29, 0.717) is 18.2 Å². The summed E-state index contributed by atoms with van der Waals surface area (Å²) in [5.41, 5.74) is 1.99. The zero-order valence-electron chi connectivity index (χ0n) is 12.7. The van der Waals surface area contributed by atoms with Gasteiger partial charge in [0.25, 0.3) is 5.91 Å². The minimum absolute atomic E-state index is 0.00692. The lowest BCUT2D eigenvalue weighted by Gasteiger charge is -2.23. The third kappa shape index (κ3) is 2.42. The van der Waals surface area contributed by atoms with Crippen molar-refractivity contribution in [2.45, 2.75) is 51.1 Å². The van der Waals surface area contributed by atoms with E-state index in [2.05, 4.69) is 10.3 Å². The van der Waals surface area contributed by atoms with Crippen molar-refractivity contribution in [2.24, 2.45) is 0 Å². The molecule has 1 amide bonds. The summed E-state index contributed by atoms with van der Waals surface area (Å²) in [5.74, 6) is 1.07. The molecule has 0 radical (unpaired) electrons. The molecule has 0 spiro atoms. The van der Waals surface area contributed by atoms with Gasteiger partial charge in [0.05, 0.1) is 24.5 Å². The first-order valence-corrected chi connectivity index (χ1v) is 7.97. The van der Waals surface area contributed by atoms with Gasteiger partial charge in [-0.2, -0.15) is 0 Å². The van der Waals surface area contributed by atoms with Crippen molar-refractivity contribution >= 4 is 5.91 Å². The number of likely N-dealkylation sites (tertiary alicyclic amines) is 1. The average Bonchev–Trinajstić information content (AvgIpc) is 2.90. The highest BCUT2D eigenvalue weighted by Crippen LogP contribution is 2.38. The SMILES string of the molecule is Cc1ccoc1C(=O)N1CCC[C@H]1Cn1cc(C2CC2)nn1. The van der Waals surface area contributed by atoms with Crippen molar-refractivity contribution in [1.82, 2.24) is 19.9 Å². The molecule has 0 aromatic carbocycles. The van der Waals surface area contributed by atoms with Gasteiger partial charge in [-0.1, -0.05) is 5.21 Å². The minimum Gasteiger partial charge on any atom is -0.459 e. The first kappa shape index (κ1) is 13.5. The van der Waals surface area contributed by atoms with Gasteiger partial charge in [-0.05, 0) is 38.7 Å². The summed E-state index contributed by atoms with van der Waals surface area (Å²) in [5, 5.41) is 8.47. The summed E-state index contributed by atoms with van der Waals surface area (Å²) >= 11 is 0. The van der Waals surface area contributed by atoms with Crippen LogP contribution in [0, 0.1) is 6.92 Å². The van der Waals surface area contributed by atoms with E-state index in [0.717, 1.165) is 30.6 Å². The van der Waals surface area contributed by atoms with Crippen LogP contribution in [0.4, 0.5) is 0 Å². The molecule has 6 heteroatoms. The average molecular weight is 300 g/mol. The van der Waals surface area contributed by atoms with Gasteiger partial charge in [0, 0.05) is 24.2 Å². The summed E-state index contributed by atoms with van der Waals surface area (Å²) in [6.45, 7) is 3.40. The van der Waals surface area contributed by atoms with Gasteiger partial charge < -0.3 is 9.32 Å². The Balaban J connectivity index is 1.48. The molecule has 0 bridgehead atoms. The lowest BCUT2D eigenvalue weighted by atomic mass is 10.2. The number of amides is 1. The van der Waals surface area contributed by atoms with E-state index in [1.54, 1.807) is 6.26 Å². The maximum atomic E-state index is 12.6. The van der Waals surface area contributed by atoms with Crippen LogP contribution in [0.3, 0.4) is 0 Å². The monoisotopic (exact) mass is 300 g/mol. The molecule has 22 heavy (non-hydrogen) atoms. The molecule has 2 fully saturated rings. The van der Waals surface area contributed by atoms with Crippen molar-refractivity contribution in [3.63, 3.8) is 0 Å². The third-order valence-electron chi connectivity index (χ3n) is 4.64. The van der Waals surface area contributed by atoms with Gasteiger partial charge in [0.1, 0.15) is 0 Å². The molecular formula is C16H20N4O2. The van der Waals surface area contributed by atoms with Crippen molar-refractivity contribution in [3.05, 3.63) is 35.5 Å². The van der Waals surface area contributed by atoms with Crippen LogP contribution in [0.25, 0.3) is 0 Å². The van der Waals surface area contributed by atoms with Gasteiger partial charge in [0.2, 0.25) is 0 Å². The number of hydrogen-bond donors (Lipinski definition) is 0. The number of nitrogens with zero attached hydrogens (tertiary/aromatic N) is 4. The number of hydrogen-bond acceptors (Lipinski definition) is 4. The van der Waals surface area contributed by atoms with Gasteiger partial charge in [-0.3, -0.25) is 9.48 Å². The van der Waals surface area contributed by atoms with Gasteiger partial charge >= 0.3 is 0 Å². The highest BCUT2D eigenvalue weighted by atomic mass is 16.3. The molecule has 1 atom stereocenters. The molecule has 4 rings (SSSR count). The Hall–Kier alpha value is -2.11. The highest BCUT2D eigenvalue weighted by Gasteiger charge is 2.32. The minimum atomic E-state index is -0.00692. The van der Waals surface area contributed by atoms with Crippen molar-refractivity contribution in [1.29, 1.82) is 0 Å². The fourth-order valence-electron chi connectivity index (χ4n) is 3.20. The number of rotatable bonds is 4. The fourth-order valence-corrected chi connectivity index (χ4v) is 3.20. The molecule has 0 N–H and O–H groups in total. The Labute approximate surface area is 129 Å². The summed E-state index contributed by atoms with van der Waals surface area (Å²) in [6, 6.07) is 2.00. The van der Waals surface area contributed by atoms with E-state index < -0.39 is 0 Å². The van der Waals surface area contributed by atoms with Gasteiger partial charge in [-0.15, -0.1) is 5.10 Å². The molecule has 0 unspecified atom stereocenters. The second-order valence-electron chi connectivity index (χ2n) is 6.37. The summed E-state index contributed by atoms with van der Waals surface area (Å²) < 4.78 is 7.24. The molecule has 1 aliphatic carbocycles. The molecule has 1 aliphatic heterocycles. The maximum absolute atomic E-state index is 12.6. The van der Waals surface area contributed by atoms with Crippen molar-refractivity contribution in [3.8, 4) is 0 Å². The van der Waals surface area contributed by atoms with E-state index in [9.17, 15) is 4.79 Å². The van der Waals surface area contributed by atoms with E-state index in [1.807, 2.05) is 28.8 Å². The Morgan fingerprint density at radius 1 is 1.41 bits per heavy atom. The molecule has 2 aromatic rings. The van der Waals surface area contributed by atoms with Crippen LogP contribution in [-0.4, -0.2) is 38.4 Å². The van der Waals surface area contributed by atoms with Gasteiger partial charge in [0.15, 0.2) is 5.76 Å². The molecule has 2 aliphatic rings. The third-order valence-corrected chi connectivity index (χ3v) is 4.64. The Kier molecular flexibility index (Phi) is 3.24. The number of aryl methyl sites for hydroxylation is 1. The van der Waals surface area contributed by atoms with E-state index >= 15 is 0 Å².